The minimum atomic E-state index is -0.941. The van der Waals surface area contributed by atoms with Crippen LogP contribution in [0.2, 0.25) is 0 Å². The van der Waals surface area contributed by atoms with Crippen molar-refractivity contribution in [3.05, 3.63) is 24.5 Å². The van der Waals surface area contributed by atoms with Crippen LogP contribution in [0.1, 0.15) is 26.1 Å². The second kappa shape index (κ2) is 7.02. The van der Waals surface area contributed by atoms with Crippen LogP contribution in [0, 0.1) is 6.92 Å². The number of nitrogens with zero attached hydrogens (tertiary/aromatic N) is 7. The molecule has 0 aliphatic carbocycles. The molecule has 1 N–H and O–H groups in total. The number of rotatable bonds is 4. The third kappa shape index (κ3) is 3.00. The summed E-state index contributed by atoms with van der Waals surface area (Å²) in [4.78, 5) is 34.5. The van der Waals surface area contributed by atoms with Crippen molar-refractivity contribution in [1.82, 2.24) is 34.4 Å². The van der Waals surface area contributed by atoms with Gasteiger partial charge in [-0.3, -0.25) is 0 Å². The first-order chi connectivity index (χ1) is 13.5. The fraction of sp³-hybridized carbons (Fsp3) is 0.444. The molecule has 3 aromatic heterocycles. The van der Waals surface area contributed by atoms with Gasteiger partial charge in [0.2, 0.25) is 5.88 Å². The van der Waals surface area contributed by atoms with Gasteiger partial charge in [0.15, 0.2) is 11.2 Å². The Labute approximate surface area is 161 Å². The first-order valence-corrected chi connectivity index (χ1v) is 9.16. The number of carbonyl (C=O) groups is 1. The fourth-order valence-electron chi connectivity index (χ4n) is 3.51. The maximum Gasteiger partial charge on any atom is 0.407 e. The largest absolute Gasteiger partial charge is 0.470 e. The number of imidazole rings is 1. The van der Waals surface area contributed by atoms with Crippen molar-refractivity contribution in [2.24, 2.45) is 0 Å². The molecule has 4 rings (SSSR count). The zero-order chi connectivity index (χ0) is 19.8. The Morgan fingerprint density at radius 1 is 1.29 bits per heavy atom. The van der Waals surface area contributed by atoms with E-state index < -0.39 is 6.09 Å². The normalized spacial score (nSPS) is 19.3. The van der Waals surface area contributed by atoms with Gasteiger partial charge in [-0.25, -0.2) is 24.7 Å². The molecule has 0 aromatic carbocycles. The summed E-state index contributed by atoms with van der Waals surface area (Å²) in [5.74, 6) is 1.73. The van der Waals surface area contributed by atoms with Crippen molar-refractivity contribution in [2.45, 2.75) is 45.9 Å². The zero-order valence-electron chi connectivity index (χ0n) is 15.9. The number of carboxylic acid groups (broad SMARTS) is 1. The van der Waals surface area contributed by atoms with Crippen molar-refractivity contribution in [3.63, 3.8) is 0 Å². The molecule has 0 radical (unpaired) electrons. The van der Waals surface area contributed by atoms with E-state index in [-0.39, 0.29) is 12.1 Å². The first kappa shape index (κ1) is 18.1. The standard InChI is InChI=1S/C18H21N7O3/c1-4-24-15(12-7-19-11(3)20-8-12)23-14-16(24)21-9-22-17(14)28-13-5-6-25(10(13)2)18(26)27/h7-10,13H,4-6H2,1-3H3,(H,26,27)/t10-,13+/m1/s1. The molecule has 10 nitrogen and oxygen atoms in total. The van der Waals surface area contributed by atoms with E-state index in [4.69, 9.17) is 9.72 Å². The number of hydrogen-bond donors (Lipinski definition) is 1. The maximum atomic E-state index is 11.3. The van der Waals surface area contributed by atoms with E-state index in [9.17, 15) is 9.90 Å². The smallest absolute Gasteiger partial charge is 0.407 e. The van der Waals surface area contributed by atoms with Crippen LogP contribution in [-0.2, 0) is 6.54 Å². The van der Waals surface area contributed by atoms with E-state index >= 15 is 0 Å². The Morgan fingerprint density at radius 3 is 2.68 bits per heavy atom. The topological polar surface area (TPSA) is 119 Å². The maximum absolute atomic E-state index is 11.3. The molecule has 0 unspecified atom stereocenters. The van der Waals surface area contributed by atoms with Crippen molar-refractivity contribution >= 4 is 17.3 Å². The molecule has 1 fully saturated rings. The highest BCUT2D eigenvalue weighted by molar-refractivity contribution is 5.81. The van der Waals surface area contributed by atoms with E-state index in [1.165, 1.54) is 11.2 Å². The molecular formula is C18H21N7O3. The third-order valence-corrected chi connectivity index (χ3v) is 5.05. The number of aryl methyl sites for hydroxylation is 2. The monoisotopic (exact) mass is 383 g/mol. The molecule has 3 aromatic rings. The summed E-state index contributed by atoms with van der Waals surface area (Å²) < 4.78 is 8.04. The van der Waals surface area contributed by atoms with Crippen molar-refractivity contribution < 1.29 is 14.6 Å². The predicted octanol–water partition coefficient (Wildman–Crippen LogP) is 2.13. The molecule has 1 saturated heterocycles. The quantitative estimate of drug-likeness (QED) is 0.728. The van der Waals surface area contributed by atoms with Crippen molar-refractivity contribution in [3.8, 4) is 17.3 Å². The number of amides is 1. The minimum Gasteiger partial charge on any atom is -0.470 e. The lowest BCUT2D eigenvalue weighted by Crippen LogP contribution is -2.38. The number of likely N-dealkylation sites (tertiary alicyclic amines) is 1. The number of ether oxygens (including phenoxy) is 1. The summed E-state index contributed by atoms with van der Waals surface area (Å²) in [6.07, 6.45) is 4.28. The molecule has 2 atom stereocenters. The van der Waals surface area contributed by atoms with Gasteiger partial charge in [-0.1, -0.05) is 0 Å². The third-order valence-electron chi connectivity index (χ3n) is 5.05. The van der Waals surface area contributed by atoms with Gasteiger partial charge in [-0.2, -0.15) is 4.98 Å². The Balaban J connectivity index is 1.73. The fourth-order valence-corrected chi connectivity index (χ4v) is 3.51. The molecule has 0 saturated carbocycles. The minimum absolute atomic E-state index is 0.263. The van der Waals surface area contributed by atoms with Crippen LogP contribution >= 0.6 is 0 Å². The Bertz CT molecular complexity index is 1020. The van der Waals surface area contributed by atoms with Crippen LogP contribution < -0.4 is 4.74 Å². The van der Waals surface area contributed by atoms with Crippen molar-refractivity contribution in [2.75, 3.05) is 6.54 Å². The van der Waals surface area contributed by atoms with Crippen LogP contribution in [0.3, 0.4) is 0 Å². The number of aromatic nitrogens is 6. The Hall–Kier alpha value is -3.30. The molecule has 146 valence electrons. The summed E-state index contributed by atoms with van der Waals surface area (Å²) in [5, 5.41) is 9.27. The van der Waals surface area contributed by atoms with Gasteiger partial charge in [0, 0.05) is 31.9 Å². The second-order valence-electron chi connectivity index (χ2n) is 6.71. The van der Waals surface area contributed by atoms with Crippen LogP contribution in [0.5, 0.6) is 5.88 Å². The van der Waals surface area contributed by atoms with Gasteiger partial charge in [-0.15, -0.1) is 0 Å². The van der Waals surface area contributed by atoms with Gasteiger partial charge in [0.1, 0.15) is 24.1 Å². The molecule has 28 heavy (non-hydrogen) atoms. The molecule has 1 aliphatic heterocycles. The van der Waals surface area contributed by atoms with Crippen LogP contribution in [0.15, 0.2) is 18.7 Å². The zero-order valence-corrected chi connectivity index (χ0v) is 15.9. The first-order valence-electron chi connectivity index (χ1n) is 9.16. The van der Waals surface area contributed by atoms with E-state index in [1.54, 1.807) is 12.4 Å². The lowest BCUT2D eigenvalue weighted by Gasteiger charge is -2.22. The SMILES string of the molecule is CCn1c(-c2cnc(C)nc2)nc2c(O[C@H]3CCN(C(=O)O)[C@@H]3C)ncnc21. The van der Waals surface area contributed by atoms with Crippen LogP contribution in [0.25, 0.3) is 22.6 Å². The second-order valence-corrected chi connectivity index (χ2v) is 6.71. The van der Waals surface area contributed by atoms with E-state index in [1.807, 2.05) is 25.3 Å². The summed E-state index contributed by atoms with van der Waals surface area (Å²) in [5.41, 5.74) is 1.98. The Kier molecular flexibility index (Phi) is 4.54. The van der Waals surface area contributed by atoms with Gasteiger partial charge in [0.05, 0.1) is 11.6 Å². The summed E-state index contributed by atoms with van der Waals surface area (Å²) >= 11 is 0. The van der Waals surface area contributed by atoms with Crippen molar-refractivity contribution in [1.29, 1.82) is 0 Å². The van der Waals surface area contributed by atoms with Gasteiger partial charge < -0.3 is 19.3 Å². The van der Waals surface area contributed by atoms with Crippen LogP contribution in [0.4, 0.5) is 4.79 Å². The number of fused-ring (bicyclic) bond motifs is 1. The molecule has 4 heterocycles. The summed E-state index contributed by atoms with van der Waals surface area (Å²) in [6, 6.07) is -0.263. The van der Waals surface area contributed by atoms with Gasteiger partial charge >= 0.3 is 6.09 Å². The lowest BCUT2D eigenvalue weighted by molar-refractivity contribution is 0.116. The summed E-state index contributed by atoms with van der Waals surface area (Å²) in [7, 11) is 0. The average Bonchev–Trinajstić information content (AvgIpc) is 3.24. The highest BCUT2D eigenvalue weighted by Crippen LogP contribution is 2.30. The predicted molar refractivity (Wildman–Crippen MR) is 100.0 cm³/mol. The highest BCUT2D eigenvalue weighted by Gasteiger charge is 2.36. The molecule has 1 aliphatic rings. The highest BCUT2D eigenvalue weighted by atomic mass is 16.5. The van der Waals surface area contributed by atoms with E-state index in [0.717, 1.165) is 5.56 Å². The molecule has 0 spiro atoms. The molecule has 0 bridgehead atoms. The Morgan fingerprint density at radius 2 is 2.04 bits per heavy atom. The van der Waals surface area contributed by atoms with E-state index in [2.05, 4.69) is 19.9 Å². The summed E-state index contributed by atoms with van der Waals surface area (Å²) in [6.45, 7) is 6.76. The lowest BCUT2D eigenvalue weighted by atomic mass is 10.2. The van der Waals surface area contributed by atoms with Gasteiger partial charge in [-0.05, 0) is 20.8 Å². The van der Waals surface area contributed by atoms with Crippen LogP contribution in [-0.4, -0.2) is 64.3 Å². The number of hydrogen-bond acceptors (Lipinski definition) is 7. The molecule has 10 heteroatoms. The average molecular weight is 383 g/mol. The van der Waals surface area contributed by atoms with E-state index in [0.29, 0.717) is 48.2 Å². The molecular weight excluding hydrogens is 362 g/mol. The molecule has 1 amide bonds. The van der Waals surface area contributed by atoms with Gasteiger partial charge in [0.25, 0.3) is 0 Å².